The summed E-state index contributed by atoms with van der Waals surface area (Å²) in [6.07, 6.45) is 0. The van der Waals surface area contributed by atoms with Crippen molar-refractivity contribution in [1.82, 2.24) is 5.32 Å². The number of benzene rings is 1. The maximum absolute atomic E-state index is 13.2. The molecule has 0 spiro atoms. The van der Waals surface area contributed by atoms with Gasteiger partial charge in [-0.05, 0) is 40.5 Å². The number of hydrogen-bond acceptors (Lipinski definition) is 2. The normalized spacial score (nSPS) is 16.9. The zero-order chi connectivity index (χ0) is 10.8. The second kappa shape index (κ2) is 4.49. The van der Waals surface area contributed by atoms with Crippen molar-refractivity contribution in [1.29, 1.82) is 0 Å². The SMILES string of the molecule is Cc1c(N2CCNCC2)ccc(F)c1Br. The highest BCUT2D eigenvalue weighted by molar-refractivity contribution is 9.10. The topological polar surface area (TPSA) is 15.3 Å². The van der Waals surface area contributed by atoms with Crippen LogP contribution in [-0.4, -0.2) is 26.2 Å². The fourth-order valence-corrected chi connectivity index (χ4v) is 2.23. The molecule has 0 saturated carbocycles. The lowest BCUT2D eigenvalue weighted by molar-refractivity contribution is 0.585. The first-order valence-corrected chi connectivity index (χ1v) is 5.89. The summed E-state index contributed by atoms with van der Waals surface area (Å²) < 4.78 is 13.8. The van der Waals surface area contributed by atoms with E-state index in [-0.39, 0.29) is 5.82 Å². The molecule has 0 aromatic heterocycles. The molecule has 2 nitrogen and oxygen atoms in total. The van der Waals surface area contributed by atoms with Gasteiger partial charge in [0.2, 0.25) is 0 Å². The van der Waals surface area contributed by atoms with E-state index in [0.717, 1.165) is 37.4 Å². The van der Waals surface area contributed by atoms with E-state index < -0.39 is 0 Å². The van der Waals surface area contributed by atoms with E-state index >= 15 is 0 Å². The first-order chi connectivity index (χ1) is 7.20. The smallest absolute Gasteiger partial charge is 0.137 e. The highest BCUT2D eigenvalue weighted by Crippen LogP contribution is 2.29. The van der Waals surface area contributed by atoms with Crippen molar-refractivity contribution in [2.75, 3.05) is 31.1 Å². The van der Waals surface area contributed by atoms with Crippen LogP contribution in [-0.2, 0) is 0 Å². The molecule has 1 aliphatic heterocycles. The molecule has 1 N–H and O–H groups in total. The van der Waals surface area contributed by atoms with Gasteiger partial charge in [0.05, 0.1) is 4.47 Å². The Bertz CT molecular complexity index is 362. The molecular weight excluding hydrogens is 259 g/mol. The molecule has 0 atom stereocenters. The summed E-state index contributed by atoms with van der Waals surface area (Å²) in [7, 11) is 0. The lowest BCUT2D eigenvalue weighted by Crippen LogP contribution is -2.43. The van der Waals surface area contributed by atoms with Crippen LogP contribution < -0.4 is 10.2 Å². The van der Waals surface area contributed by atoms with E-state index in [1.54, 1.807) is 0 Å². The highest BCUT2D eigenvalue weighted by atomic mass is 79.9. The van der Waals surface area contributed by atoms with Gasteiger partial charge in [0, 0.05) is 31.9 Å². The molecule has 1 fully saturated rings. The molecule has 0 unspecified atom stereocenters. The molecule has 2 rings (SSSR count). The third-order valence-corrected chi connectivity index (χ3v) is 3.74. The molecule has 82 valence electrons. The number of nitrogens with zero attached hydrogens (tertiary/aromatic N) is 1. The third-order valence-electron chi connectivity index (χ3n) is 2.77. The van der Waals surface area contributed by atoms with Crippen LogP contribution in [0.4, 0.5) is 10.1 Å². The Morgan fingerprint density at radius 1 is 1.33 bits per heavy atom. The average molecular weight is 273 g/mol. The lowest BCUT2D eigenvalue weighted by atomic mass is 10.1. The van der Waals surface area contributed by atoms with Crippen LogP contribution in [0.15, 0.2) is 16.6 Å². The number of halogens is 2. The van der Waals surface area contributed by atoms with Gasteiger partial charge in [-0.3, -0.25) is 0 Å². The molecular formula is C11H14BrFN2. The minimum atomic E-state index is -0.189. The van der Waals surface area contributed by atoms with Gasteiger partial charge < -0.3 is 10.2 Å². The van der Waals surface area contributed by atoms with Crippen molar-refractivity contribution in [3.8, 4) is 0 Å². The van der Waals surface area contributed by atoms with E-state index in [4.69, 9.17) is 0 Å². The average Bonchev–Trinajstić information content (AvgIpc) is 2.27. The largest absolute Gasteiger partial charge is 0.369 e. The number of nitrogens with one attached hydrogen (secondary N) is 1. The lowest BCUT2D eigenvalue weighted by Gasteiger charge is -2.31. The van der Waals surface area contributed by atoms with Crippen molar-refractivity contribution < 1.29 is 4.39 Å². The number of rotatable bonds is 1. The molecule has 4 heteroatoms. The Morgan fingerprint density at radius 3 is 2.67 bits per heavy atom. The van der Waals surface area contributed by atoms with Gasteiger partial charge >= 0.3 is 0 Å². The number of piperazine rings is 1. The maximum atomic E-state index is 13.2. The first kappa shape index (κ1) is 10.9. The van der Waals surface area contributed by atoms with Gasteiger partial charge in [0.1, 0.15) is 5.82 Å². The van der Waals surface area contributed by atoms with Crippen LogP contribution in [0.25, 0.3) is 0 Å². The second-order valence-corrected chi connectivity index (χ2v) is 4.54. The van der Waals surface area contributed by atoms with Crippen LogP contribution in [0, 0.1) is 12.7 Å². The Hall–Kier alpha value is -0.610. The van der Waals surface area contributed by atoms with Gasteiger partial charge in [-0.2, -0.15) is 0 Å². The van der Waals surface area contributed by atoms with Crippen molar-refractivity contribution in [3.05, 3.63) is 28.0 Å². The maximum Gasteiger partial charge on any atom is 0.137 e. The summed E-state index contributed by atoms with van der Waals surface area (Å²) in [4.78, 5) is 2.29. The van der Waals surface area contributed by atoms with Crippen LogP contribution in [0.5, 0.6) is 0 Å². The molecule has 1 aliphatic rings. The summed E-state index contributed by atoms with van der Waals surface area (Å²) in [5.74, 6) is -0.189. The highest BCUT2D eigenvalue weighted by Gasteiger charge is 2.15. The summed E-state index contributed by atoms with van der Waals surface area (Å²) in [5, 5.41) is 3.30. The van der Waals surface area contributed by atoms with Crippen molar-refractivity contribution in [2.45, 2.75) is 6.92 Å². The fraction of sp³-hybridized carbons (Fsp3) is 0.455. The molecule has 1 saturated heterocycles. The monoisotopic (exact) mass is 272 g/mol. The van der Waals surface area contributed by atoms with Crippen LogP contribution in [0.2, 0.25) is 0 Å². The summed E-state index contributed by atoms with van der Waals surface area (Å²) in [6, 6.07) is 3.38. The van der Waals surface area contributed by atoms with Gasteiger partial charge in [0.15, 0.2) is 0 Å². The van der Waals surface area contributed by atoms with Crippen molar-refractivity contribution in [2.24, 2.45) is 0 Å². The minimum Gasteiger partial charge on any atom is -0.369 e. The van der Waals surface area contributed by atoms with Gasteiger partial charge in [-0.15, -0.1) is 0 Å². The zero-order valence-corrected chi connectivity index (χ0v) is 10.3. The number of hydrogen-bond donors (Lipinski definition) is 1. The van der Waals surface area contributed by atoms with Crippen molar-refractivity contribution >= 4 is 21.6 Å². The van der Waals surface area contributed by atoms with E-state index in [1.807, 2.05) is 13.0 Å². The van der Waals surface area contributed by atoms with E-state index in [2.05, 4.69) is 26.1 Å². The van der Waals surface area contributed by atoms with Gasteiger partial charge in [-0.25, -0.2) is 4.39 Å². The van der Waals surface area contributed by atoms with E-state index in [1.165, 1.54) is 6.07 Å². The third kappa shape index (κ3) is 2.16. The molecule has 1 aromatic carbocycles. The Labute approximate surface area is 97.6 Å². The van der Waals surface area contributed by atoms with Crippen LogP contribution >= 0.6 is 15.9 Å². The Balaban J connectivity index is 2.31. The second-order valence-electron chi connectivity index (χ2n) is 3.74. The first-order valence-electron chi connectivity index (χ1n) is 5.10. The predicted molar refractivity (Wildman–Crippen MR) is 63.9 cm³/mol. The molecule has 1 aromatic rings. The summed E-state index contributed by atoms with van der Waals surface area (Å²) in [5.41, 5.74) is 2.11. The molecule has 0 amide bonds. The predicted octanol–water partition coefficient (Wildman–Crippen LogP) is 2.31. The molecule has 0 bridgehead atoms. The molecule has 1 heterocycles. The fourth-order valence-electron chi connectivity index (χ4n) is 1.89. The number of anilines is 1. The molecule has 15 heavy (non-hydrogen) atoms. The Kier molecular flexibility index (Phi) is 3.26. The summed E-state index contributed by atoms with van der Waals surface area (Å²) in [6.45, 7) is 5.91. The van der Waals surface area contributed by atoms with E-state index in [9.17, 15) is 4.39 Å². The Morgan fingerprint density at radius 2 is 2.00 bits per heavy atom. The van der Waals surface area contributed by atoms with Crippen LogP contribution in [0.1, 0.15) is 5.56 Å². The molecule has 0 radical (unpaired) electrons. The quantitative estimate of drug-likeness (QED) is 0.844. The van der Waals surface area contributed by atoms with Gasteiger partial charge in [-0.1, -0.05) is 0 Å². The van der Waals surface area contributed by atoms with Crippen LogP contribution in [0.3, 0.4) is 0 Å². The van der Waals surface area contributed by atoms with E-state index in [0.29, 0.717) is 4.47 Å². The minimum absolute atomic E-state index is 0.189. The van der Waals surface area contributed by atoms with Gasteiger partial charge in [0.25, 0.3) is 0 Å². The zero-order valence-electron chi connectivity index (χ0n) is 8.69. The summed E-state index contributed by atoms with van der Waals surface area (Å²) >= 11 is 3.28. The molecule has 0 aliphatic carbocycles. The standard InChI is InChI=1S/C11H14BrFN2/c1-8-10(3-2-9(13)11(8)12)15-6-4-14-5-7-15/h2-3,14H,4-7H2,1H3. The van der Waals surface area contributed by atoms with Crippen molar-refractivity contribution in [3.63, 3.8) is 0 Å².